The second kappa shape index (κ2) is 8.15. The van der Waals surface area contributed by atoms with Crippen LogP contribution in [0.5, 0.6) is 11.5 Å². The highest BCUT2D eigenvalue weighted by atomic mass is 35.5. The Morgan fingerprint density at radius 3 is 2.67 bits per heavy atom. The SMILES string of the molecule is O=C(N/N=C\c1ccc(Oc2ccc(Cl)cc2[N+](=O)[O-])cc1)c1ccco1. The molecule has 0 aliphatic heterocycles. The molecule has 1 N–H and O–H groups in total. The van der Waals surface area contributed by atoms with E-state index in [9.17, 15) is 14.9 Å². The van der Waals surface area contributed by atoms with Crippen molar-refractivity contribution in [3.05, 3.63) is 87.3 Å². The molecule has 0 unspecified atom stereocenters. The third-order valence-electron chi connectivity index (χ3n) is 3.35. The Balaban J connectivity index is 1.65. The van der Waals surface area contributed by atoms with Gasteiger partial charge in [-0.05, 0) is 54.1 Å². The van der Waals surface area contributed by atoms with Gasteiger partial charge in [0, 0.05) is 11.1 Å². The van der Waals surface area contributed by atoms with Crippen LogP contribution < -0.4 is 10.2 Å². The lowest BCUT2D eigenvalue weighted by atomic mass is 10.2. The van der Waals surface area contributed by atoms with Crippen molar-refractivity contribution in [2.45, 2.75) is 0 Å². The number of rotatable bonds is 6. The van der Waals surface area contributed by atoms with Gasteiger partial charge in [0.05, 0.1) is 17.4 Å². The van der Waals surface area contributed by atoms with E-state index in [4.69, 9.17) is 20.8 Å². The minimum Gasteiger partial charge on any atom is -0.459 e. The van der Waals surface area contributed by atoms with Crippen LogP contribution in [0.2, 0.25) is 5.02 Å². The number of carbonyl (C=O) groups excluding carboxylic acids is 1. The standard InChI is InChI=1S/C18H12ClN3O5/c19-13-5-8-16(15(10-13)22(24)25)27-14-6-3-12(4-7-14)11-20-21-18(23)17-2-1-9-26-17/h1-11H,(H,21,23)/b20-11-. The fourth-order valence-electron chi connectivity index (χ4n) is 2.10. The summed E-state index contributed by atoms with van der Waals surface area (Å²) in [5.41, 5.74) is 2.79. The molecule has 3 aromatic rings. The van der Waals surface area contributed by atoms with Gasteiger partial charge in [-0.2, -0.15) is 5.10 Å². The number of nitrogens with zero attached hydrogens (tertiary/aromatic N) is 2. The summed E-state index contributed by atoms with van der Waals surface area (Å²) in [5, 5.41) is 15.2. The van der Waals surface area contributed by atoms with Crippen LogP contribution in [-0.4, -0.2) is 17.0 Å². The van der Waals surface area contributed by atoms with Crippen LogP contribution in [0.4, 0.5) is 5.69 Å². The molecule has 136 valence electrons. The molecule has 0 saturated heterocycles. The fraction of sp³-hybridized carbons (Fsp3) is 0. The molecule has 0 aliphatic rings. The number of hydrogen-bond donors (Lipinski definition) is 1. The van der Waals surface area contributed by atoms with Crippen molar-refractivity contribution in [1.29, 1.82) is 0 Å². The number of hydrogen-bond acceptors (Lipinski definition) is 6. The molecule has 0 bridgehead atoms. The average Bonchev–Trinajstić information content (AvgIpc) is 3.19. The molecule has 0 spiro atoms. The number of furan rings is 1. The Kier molecular flexibility index (Phi) is 5.48. The zero-order valence-electron chi connectivity index (χ0n) is 13.7. The van der Waals surface area contributed by atoms with E-state index in [2.05, 4.69) is 10.5 Å². The molecule has 9 heteroatoms. The minimum absolute atomic E-state index is 0.0801. The molecule has 0 saturated carbocycles. The van der Waals surface area contributed by atoms with Crippen LogP contribution in [0.3, 0.4) is 0 Å². The molecule has 0 radical (unpaired) electrons. The predicted octanol–water partition coefficient (Wildman–Crippen LogP) is 4.40. The molecule has 27 heavy (non-hydrogen) atoms. The van der Waals surface area contributed by atoms with Crippen LogP contribution in [0, 0.1) is 10.1 Å². The maximum Gasteiger partial charge on any atom is 0.313 e. The second-order valence-corrected chi connectivity index (χ2v) is 5.65. The summed E-state index contributed by atoms with van der Waals surface area (Å²) in [5.74, 6) is 0.167. The van der Waals surface area contributed by atoms with Crippen molar-refractivity contribution in [2.24, 2.45) is 5.10 Å². The van der Waals surface area contributed by atoms with Crippen LogP contribution in [-0.2, 0) is 0 Å². The third-order valence-corrected chi connectivity index (χ3v) is 3.59. The van der Waals surface area contributed by atoms with Crippen LogP contribution in [0.15, 0.2) is 70.4 Å². The van der Waals surface area contributed by atoms with Crippen molar-refractivity contribution in [2.75, 3.05) is 0 Å². The van der Waals surface area contributed by atoms with Gasteiger partial charge in [0.25, 0.3) is 0 Å². The number of hydrazone groups is 1. The van der Waals surface area contributed by atoms with E-state index in [0.717, 1.165) is 0 Å². The first kappa shape index (κ1) is 18.2. The summed E-state index contributed by atoms with van der Waals surface area (Å²) in [6.07, 6.45) is 2.83. The third kappa shape index (κ3) is 4.71. The zero-order valence-corrected chi connectivity index (χ0v) is 14.4. The van der Waals surface area contributed by atoms with Crippen molar-refractivity contribution in [1.82, 2.24) is 5.43 Å². The Hall–Kier alpha value is -3.65. The van der Waals surface area contributed by atoms with Crippen molar-refractivity contribution >= 4 is 29.4 Å². The molecule has 0 fully saturated rings. The number of benzene rings is 2. The van der Waals surface area contributed by atoms with Crippen LogP contribution in [0.1, 0.15) is 16.1 Å². The van der Waals surface area contributed by atoms with E-state index in [-0.39, 0.29) is 22.2 Å². The number of amides is 1. The number of ether oxygens (including phenoxy) is 1. The minimum atomic E-state index is -0.566. The van der Waals surface area contributed by atoms with Gasteiger partial charge in [-0.1, -0.05) is 11.6 Å². The van der Waals surface area contributed by atoms with Crippen molar-refractivity contribution < 1.29 is 18.9 Å². The topological polar surface area (TPSA) is 107 Å². The van der Waals surface area contributed by atoms with Crippen molar-refractivity contribution in [3.8, 4) is 11.5 Å². The van der Waals surface area contributed by atoms with E-state index in [1.807, 2.05) is 0 Å². The lowest BCUT2D eigenvalue weighted by Crippen LogP contribution is -2.16. The van der Waals surface area contributed by atoms with Gasteiger partial charge in [-0.25, -0.2) is 5.43 Å². The Morgan fingerprint density at radius 1 is 1.22 bits per heavy atom. The fourth-order valence-corrected chi connectivity index (χ4v) is 2.26. The quantitative estimate of drug-likeness (QED) is 0.384. The number of nitro groups is 1. The molecule has 2 aromatic carbocycles. The lowest BCUT2D eigenvalue weighted by molar-refractivity contribution is -0.385. The van der Waals surface area contributed by atoms with E-state index >= 15 is 0 Å². The Bertz CT molecular complexity index is 985. The normalized spacial score (nSPS) is 10.7. The summed E-state index contributed by atoms with van der Waals surface area (Å²) in [4.78, 5) is 22.2. The van der Waals surface area contributed by atoms with Gasteiger partial charge in [0.1, 0.15) is 5.75 Å². The number of carbonyl (C=O) groups is 1. The lowest BCUT2D eigenvalue weighted by Gasteiger charge is -2.06. The Labute approximate surface area is 158 Å². The number of halogens is 1. The highest BCUT2D eigenvalue weighted by Gasteiger charge is 2.16. The van der Waals surface area contributed by atoms with E-state index in [0.29, 0.717) is 11.3 Å². The predicted molar refractivity (Wildman–Crippen MR) is 98.4 cm³/mol. The highest BCUT2D eigenvalue weighted by molar-refractivity contribution is 6.30. The monoisotopic (exact) mass is 385 g/mol. The molecule has 1 aromatic heterocycles. The van der Waals surface area contributed by atoms with Gasteiger partial charge >= 0.3 is 11.6 Å². The van der Waals surface area contributed by atoms with E-state index in [1.54, 1.807) is 30.3 Å². The van der Waals surface area contributed by atoms with Gasteiger partial charge in [0.15, 0.2) is 5.76 Å². The van der Waals surface area contributed by atoms with Gasteiger partial charge in [0.2, 0.25) is 5.75 Å². The van der Waals surface area contributed by atoms with Gasteiger partial charge in [-0.3, -0.25) is 14.9 Å². The molecule has 1 heterocycles. The average molecular weight is 386 g/mol. The maximum atomic E-state index is 11.7. The maximum absolute atomic E-state index is 11.7. The summed E-state index contributed by atoms with van der Waals surface area (Å²) in [6.45, 7) is 0. The van der Waals surface area contributed by atoms with Gasteiger partial charge < -0.3 is 9.15 Å². The first-order valence-electron chi connectivity index (χ1n) is 7.62. The summed E-state index contributed by atoms with van der Waals surface area (Å²) in [7, 11) is 0. The first-order chi connectivity index (χ1) is 13.0. The molecule has 0 aliphatic carbocycles. The molecular weight excluding hydrogens is 374 g/mol. The Morgan fingerprint density at radius 2 is 2.00 bits per heavy atom. The van der Waals surface area contributed by atoms with Crippen LogP contribution >= 0.6 is 11.6 Å². The number of nitrogens with one attached hydrogen (secondary N) is 1. The summed E-state index contributed by atoms with van der Waals surface area (Å²) in [6, 6.07) is 13.9. The smallest absolute Gasteiger partial charge is 0.313 e. The van der Waals surface area contributed by atoms with Gasteiger partial charge in [-0.15, -0.1) is 0 Å². The van der Waals surface area contributed by atoms with E-state index < -0.39 is 10.8 Å². The summed E-state index contributed by atoms with van der Waals surface area (Å²) < 4.78 is 10.5. The molecular formula is C18H12ClN3O5. The summed E-state index contributed by atoms with van der Waals surface area (Å²) >= 11 is 5.78. The second-order valence-electron chi connectivity index (χ2n) is 5.22. The van der Waals surface area contributed by atoms with Crippen LogP contribution in [0.25, 0.3) is 0 Å². The van der Waals surface area contributed by atoms with E-state index in [1.165, 1.54) is 36.7 Å². The molecule has 0 atom stereocenters. The first-order valence-corrected chi connectivity index (χ1v) is 7.99. The zero-order chi connectivity index (χ0) is 19.2. The molecule has 1 amide bonds. The van der Waals surface area contributed by atoms with Crippen molar-refractivity contribution in [3.63, 3.8) is 0 Å². The molecule has 8 nitrogen and oxygen atoms in total. The number of nitro benzene ring substituents is 1. The molecule has 3 rings (SSSR count). The largest absolute Gasteiger partial charge is 0.459 e. The highest BCUT2D eigenvalue weighted by Crippen LogP contribution is 2.33.